The molecule has 1 radical (unpaired) electrons. The Morgan fingerprint density at radius 3 is 2.71 bits per heavy atom. The Labute approximate surface area is 86.1 Å². The van der Waals surface area contributed by atoms with Gasteiger partial charge in [-0.2, -0.15) is 0 Å². The molecule has 0 aliphatic heterocycles. The molecule has 0 bridgehead atoms. The van der Waals surface area contributed by atoms with Gasteiger partial charge in [0.1, 0.15) is 5.75 Å². The lowest BCUT2D eigenvalue weighted by molar-refractivity contribution is 0.304. The molecule has 1 saturated carbocycles. The molecule has 1 nitrogen and oxygen atoms in total. The molecular formula is C13H17O. The predicted octanol–water partition coefficient (Wildman–Crippen LogP) is 3.45. The van der Waals surface area contributed by atoms with Gasteiger partial charge in [-0.1, -0.05) is 31.4 Å². The maximum atomic E-state index is 5.59. The molecule has 1 aromatic rings. The topological polar surface area (TPSA) is 9.23 Å². The van der Waals surface area contributed by atoms with E-state index >= 15 is 0 Å². The highest BCUT2D eigenvalue weighted by atomic mass is 16.5. The quantitative estimate of drug-likeness (QED) is 0.623. The Morgan fingerprint density at radius 1 is 1.21 bits per heavy atom. The van der Waals surface area contributed by atoms with Crippen molar-refractivity contribution < 1.29 is 4.74 Å². The van der Waals surface area contributed by atoms with E-state index in [2.05, 4.69) is 6.07 Å². The van der Waals surface area contributed by atoms with Gasteiger partial charge in [-0.3, -0.25) is 0 Å². The zero-order valence-corrected chi connectivity index (χ0v) is 8.54. The summed E-state index contributed by atoms with van der Waals surface area (Å²) < 4.78 is 5.59. The number of hydrogen-bond donors (Lipinski definition) is 0. The van der Waals surface area contributed by atoms with E-state index in [1.165, 1.54) is 32.1 Å². The third kappa shape index (κ3) is 3.41. The van der Waals surface area contributed by atoms with Crippen molar-refractivity contribution in [3.8, 4) is 5.75 Å². The standard InChI is InChI=1S/C13H17O/c1-2-7-13(8-3-1)14-11-5-4-6-12-9-10-12/h2-3,7-8,12H,4-6,9-11H2. The molecule has 1 heteroatoms. The molecule has 0 saturated heterocycles. The molecule has 75 valence electrons. The van der Waals surface area contributed by atoms with Gasteiger partial charge in [0.05, 0.1) is 6.61 Å². The van der Waals surface area contributed by atoms with E-state index in [-0.39, 0.29) is 0 Å². The van der Waals surface area contributed by atoms with Crippen LogP contribution in [0, 0.1) is 12.0 Å². The molecule has 0 heterocycles. The second-order valence-electron chi connectivity index (χ2n) is 4.02. The number of unbranched alkanes of at least 4 members (excludes halogenated alkanes) is 1. The van der Waals surface area contributed by atoms with Gasteiger partial charge in [-0.05, 0) is 37.0 Å². The van der Waals surface area contributed by atoms with Gasteiger partial charge in [0.25, 0.3) is 0 Å². The van der Waals surface area contributed by atoms with Gasteiger partial charge in [0.2, 0.25) is 0 Å². The second kappa shape index (κ2) is 5.04. The van der Waals surface area contributed by atoms with Gasteiger partial charge in [0.15, 0.2) is 0 Å². The smallest absolute Gasteiger partial charge is 0.119 e. The molecular weight excluding hydrogens is 172 g/mol. The first kappa shape index (κ1) is 9.57. The summed E-state index contributed by atoms with van der Waals surface area (Å²) >= 11 is 0. The van der Waals surface area contributed by atoms with Crippen molar-refractivity contribution in [2.45, 2.75) is 32.1 Å². The van der Waals surface area contributed by atoms with Crippen LogP contribution in [-0.4, -0.2) is 6.61 Å². The van der Waals surface area contributed by atoms with E-state index in [9.17, 15) is 0 Å². The van der Waals surface area contributed by atoms with Crippen molar-refractivity contribution >= 4 is 0 Å². The predicted molar refractivity (Wildman–Crippen MR) is 57.3 cm³/mol. The summed E-state index contributed by atoms with van der Waals surface area (Å²) in [6.07, 6.45) is 6.86. The molecule has 0 spiro atoms. The van der Waals surface area contributed by atoms with Gasteiger partial charge in [-0.25, -0.2) is 0 Å². The monoisotopic (exact) mass is 189 g/mol. The number of hydrogen-bond acceptors (Lipinski definition) is 1. The fraction of sp³-hybridized carbons (Fsp3) is 0.538. The van der Waals surface area contributed by atoms with E-state index in [0.717, 1.165) is 18.3 Å². The fourth-order valence-electron chi connectivity index (χ4n) is 1.60. The van der Waals surface area contributed by atoms with E-state index in [1.54, 1.807) is 0 Å². The first-order chi connectivity index (χ1) is 6.95. The molecule has 0 N–H and O–H groups in total. The van der Waals surface area contributed by atoms with Crippen LogP contribution in [0.1, 0.15) is 32.1 Å². The minimum Gasteiger partial charge on any atom is -0.494 e. The average Bonchev–Trinajstić information content (AvgIpc) is 3.03. The van der Waals surface area contributed by atoms with Crippen LogP contribution in [0.2, 0.25) is 0 Å². The summed E-state index contributed by atoms with van der Waals surface area (Å²) in [6.45, 7) is 0.858. The maximum Gasteiger partial charge on any atom is 0.119 e. The molecule has 1 aliphatic rings. The highest BCUT2D eigenvalue weighted by molar-refractivity contribution is 5.20. The largest absolute Gasteiger partial charge is 0.494 e. The Hall–Kier alpha value is -0.980. The first-order valence-electron chi connectivity index (χ1n) is 5.54. The van der Waals surface area contributed by atoms with Crippen LogP contribution in [0.15, 0.2) is 24.3 Å². The minimum atomic E-state index is 0.858. The second-order valence-corrected chi connectivity index (χ2v) is 4.02. The molecule has 1 aromatic carbocycles. The van der Waals surface area contributed by atoms with Crippen molar-refractivity contribution in [2.75, 3.05) is 6.61 Å². The van der Waals surface area contributed by atoms with Crippen LogP contribution in [0.3, 0.4) is 0 Å². The van der Waals surface area contributed by atoms with Gasteiger partial charge < -0.3 is 4.74 Å². The van der Waals surface area contributed by atoms with Crippen molar-refractivity contribution in [2.24, 2.45) is 5.92 Å². The Bertz CT molecular complexity index is 251. The molecule has 14 heavy (non-hydrogen) atoms. The highest BCUT2D eigenvalue weighted by Crippen LogP contribution is 2.33. The molecule has 0 aromatic heterocycles. The number of ether oxygens (including phenoxy) is 1. The average molecular weight is 189 g/mol. The van der Waals surface area contributed by atoms with Crippen LogP contribution in [0.4, 0.5) is 0 Å². The molecule has 1 aliphatic carbocycles. The fourth-order valence-corrected chi connectivity index (χ4v) is 1.60. The van der Waals surface area contributed by atoms with Gasteiger partial charge >= 0.3 is 0 Å². The minimum absolute atomic E-state index is 0.858. The lowest BCUT2D eigenvalue weighted by Crippen LogP contribution is -1.97. The van der Waals surface area contributed by atoms with E-state index in [4.69, 9.17) is 4.74 Å². The summed E-state index contributed by atoms with van der Waals surface area (Å²) in [5, 5.41) is 0. The van der Waals surface area contributed by atoms with Crippen molar-refractivity contribution in [1.82, 2.24) is 0 Å². The van der Waals surface area contributed by atoms with Crippen molar-refractivity contribution in [1.29, 1.82) is 0 Å². The van der Waals surface area contributed by atoms with E-state index in [0.29, 0.717) is 0 Å². The third-order valence-corrected chi connectivity index (χ3v) is 2.66. The molecule has 0 unspecified atom stereocenters. The van der Waals surface area contributed by atoms with Crippen LogP contribution in [0.25, 0.3) is 0 Å². The Morgan fingerprint density at radius 2 is 2.00 bits per heavy atom. The molecule has 0 amide bonds. The molecule has 0 atom stereocenters. The third-order valence-electron chi connectivity index (χ3n) is 2.66. The van der Waals surface area contributed by atoms with Crippen LogP contribution in [0.5, 0.6) is 5.75 Å². The summed E-state index contributed by atoms with van der Waals surface area (Å²) in [5.74, 6) is 2.02. The molecule has 2 rings (SSSR count). The Kier molecular flexibility index (Phi) is 3.44. The van der Waals surface area contributed by atoms with Crippen LogP contribution in [-0.2, 0) is 0 Å². The normalized spacial score (nSPS) is 15.4. The lowest BCUT2D eigenvalue weighted by Gasteiger charge is -2.04. The summed E-state index contributed by atoms with van der Waals surface area (Å²) in [5.41, 5.74) is 0. The van der Waals surface area contributed by atoms with Crippen LogP contribution < -0.4 is 4.74 Å². The highest BCUT2D eigenvalue weighted by Gasteiger charge is 2.19. The van der Waals surface area contributed by atoms with E-state index in [1.807, 2.05) is 24.3 Å². The Balaban J connectivity index is 1.54. The van der Waals surface area contributed by atoms with Gasteiger partial charge in [-0.15, -0.1) is 0 Å². The zero-order valence-electron chi connectivity index (χ0n) is 8.54. The van der Waals surface area contributed by atoms with E-state index < -0.39 is 0 Å². The van der Waals surface area contributed by atoms with Crippen molar-refractivity contribution in [3.63, 3.8) is 0 Å². The summed E-state index contributed by atoms with van der Waals surface area (Å²) in [4.78, 5) is 0. The SMILES string of the molecule is [c]1ccc(OCCCCC2CC2)cc1. The number of rotatable bonds is 6. The lowest BCUT2D eigenvalue weighted by atomic mass is 10.2. The van der Waals surface area contributed by atoms with Gasteiger partial charge in [0, 0.05) is 0 Å². The van der Waals surface area contributed by atoms with Crippen molar-refractivity contribution in [3.05, 3.63) is 30.3 Å². The van der Waals surface area contributed by atoms with Crippen LogP contribution >= 0.6 is 0 Å². The number of benzene rings is 1. The summed E-state index contributed by atoms with van der Waals surface area (Å²) in [7, 11) is 0. The molecule has 1 fully saturated rings. The maximum absolute atomic E-state index is 5.59. The summed E-state index contributed by atoms with van der Waals surface area (Å²) in [6, 6.07) is 10.7. The zero-order chi connectivity index (χ0) is 9.64. The first-order valence-corrected chi connectivity index (χ1v) is 5.54.